The first kappa shape index (κ1) is 17.8. The summed E-state index contributed by atoms with van der Waals surface area (Å²) in [5.74, 6) is -1.12. The van der Waals surface area contributed by atoms with Crippen molar-refractivity contribution in [3.63, 3.8) is 0 Å². The Kier molecular flexibility index (Phi) is 4.79. The number of carbonyl (C=O) groups is 2. The Morgan fingerprint density at radius 2 is 1.88 bits per heavy atom. The van der Waals surface area contributed by atoms with Crippen LogP contribution in [0.25, 0.3) is 0 Å². The highest BCUT2D eigenvalue weighted by atomic mass is 32.2. The quantitative estimate of drug-likeness (QED) is 0.815. The van der Waals surface area contributed by atoms with E-state index in [1.54, 1.807) is 11.0 Å². The van der Waals surface area contributed by atoms with Gasteiger partial charge in [-0.1, -0.05) is 6.42 Å². The number of amides is 1. The molecule has 2 fully saturated rings. The number of carboxylic acid groups (broad SMARTS) is 1. The van der Waals surface area contributed by atoms with Crippen LogP contribution in [0.4, 0.5) is 0 Å². The molecule has 25 heavy (non-hydrogen) atoms. The number of carbonyl (C=O) groups excluding carboxylic acids is 1. The number of aromatic nitrogens is 1. The molecule has 1 saturated carbocycles. The predicted molar refractivity (Wildman–Crippen MR) is 88.1 cm³/mol. The fraction of sp³-hybridized carbons (Fsp3) is 0.562. The summed E-state index contributed by atoms with van der Waals surface area (Å²) in [6.07, 6.45) is 4.70. The average molecular weight is 367 g/mol. The van der Waals surface area contributed by atoms with E-state index in [9.17, 15) is 23.1 Å². The highest BCUT2D eigenvalue weighted by Crippen LogP contribution is 2.44. The second-order valence-electron chi connectivity index (χ2n) is 6.59. The zero-order valence-corrected chi connectivity index (χ0v) is 14.6. The van der Waals surface area contributed by atoms with Crippen LogP contribution in [-0.2, 0) is 19.6 Å². The van der Waals surface area contributed by atoms with Crippen molar-refractivity contribution in [1.82, 2.24) is 14.2 Å². The number of hydrogen-bond acceptors (Lipinski definition) is 5. The van der Waals surface area contributed by atoms with Crippen LogP contribution in [0.3, 0.4) is 0 Å². The fourth-order valence-electron chi connectivity index (χ4n) is 3.30. The molecule has 0 radical (unpaired) electrons. The zero-order chi connectivity index (χ0) is 18.1. The van der Waals surface area contributed by atoms with Crippen molar-refractivity contribution in [3.8, 4) is 0 Å². The SMILES string of the molecule is O=C(CC1(C(=O)O)CCC1)N1CCN(S(=O)(=O)c2cccnc2)CC1. The van der Waals surface area contributed by atoms with E-state index >= 15 is 0 Å². The van der Waals surface area contributed by atoms with Gasteiger partial charge in [-0.05, 0) is 25.0 Å². The second-order valence-corrected chi connectivity index (χ2v) is 8.53. The molecule has 2 aliphatic rings. The molecule has 0 atom stereocenters. The van der Waals surface area contributed by atoms with E-state index in [2.05, 4.69) is 4.98 Å². The molecule has 0 unspecified atom stereocenters. The van der Waals surface area contributed by atoms with Crippen LogP contribution in [0.5, 0.6) is 0 Å². The lowest BCUT2D eigenvalue weighted by Gasteiger charge is -2.40. The molecule has 1 aromatic heterocycles. The molecule has 1 amide bonds. The van der Waals surface area contributed by atoms with Crippen LogP contribution in [0.15, 0.2) is 29.4 Å². The van der Waals surface area contributed by atoms with Gasteiger partial charge >= 0.3 is 5.97 Å². The number of nitrogens with zero attached hydrogens (tertiary/aromatic N) is 3. The van der Waals surface area contributed by atoms with E-state index in [1.165, 1.54) is 22.8 Å². The Balaban J connectivity index is 1.60. The number of sulfonamides is 1. The molecule has 0 spiro atoms. The van der Waals surface area contributed by atoms with Crippen molar-refractivity contribution in [1.29, 1.82) is 0 Å². The second kappa shape index (κ2) is 6.72. The third kappa shape index (κ3) is 3.38. The summed E-state index contributed by atoms with van der Waals surface area (Å²) in [5, 5.41) is 9.34. The van der Waals surface area contributed by atoms with Crippen LogP contribution in [0.2, 0.25) is 0 Å². The lowest BCUT2D eigenvalue weighted by Crippen LogP contribution is -2.52. The molecule has 1 saturated heterocycles. The minimum absolute atomic E-state index is 0.00229. The molecule has 2 heterocycles. The van der Waals surface area contributed by atoms with Gasteiger partial charge in [0.2, 0.25) is 15.9 Å². The van der Waals surface area contributed by atoms with E-state index in [1.807, 2.05) is 0 Å². The molecule has 8 nitrogen and oxygen atoms in total. The fourth-order valence-corrected chi connectivity index (χ4v) is 4.68. The maximum atomic E-state index is 12.5. The van der Waals surface area contributed by atoms with E-state index in [0.29, 0.717) is 12.8 Å². The first-order valence-electron chi connectivity index (χ1n) is 8.27. The standard InChI is InChI=1S/C16H21N3O5S/c20-14(11-16(15(21)22)4-2-5-16)18-7-9-19(10-8-18)25(23,24)13-3-1-6-17-12-13/h1,3,6,12H,2,4-5,7-11H2,(H,21,22). The van der Waals surface area contributed by atoms with Crippen molar-refractivity contribution in [2.45, 2.75) is 30.6 Å². The van der Waals surface area contributed by atoms with Gasteiger partial charge in [0.15, 0.2) is 0 Å². The maximum Gasteiger partial charge on any atom is 0.310 e. The maximum absolute atomic E-state index is 12.5. The Bertz CT molecular complexity index is 753. The van der Waals surface area contributed by atoms with Crippen molar-refractivity contribution >= 4 is 21.9 Å². The van der Waals surface area contributed by atoms with Gasteiger partial charge < -0.3 is 10.0 Å². The summed E-state index contributed by atoms with van der Waals surface area (Å²) in [5.41, 5.74) is -0.921. The van der Waals surface area contributed by atoms with Gasteiger partial charge in [-0.2, -0.15) is 4.31 Å². The van der Waals surface area contributed by atoms with Gasteiger partial charge in [0, 0.05) is 45.0 Å². The molecule has 9 heteroatoms. The van der Waals surface area contributed by atoms with Crippen LogP contribution in [0, 0.1) is 5.41 Å². The molecule has 1 aliphatic carbocycles. The van der Waals surface area contributed by atoms with E-state index in [0.717, 1.165) is 6.42 Å². The molecule has 3 rings (SSSR count). The molecular weight excluding hydrogens is 346 g/mol. The lowest BCUT2D eigenvalue weighted by molar-refractivity contribution is -0.159. The summed E-state index contributed by atoms with van der Waals surface area (Å²) in [6.45, 7) is 0.939. The molecule has 0 aromatic carbocycles. The highest BCUT2D eigenvalue weighted by Gasteiger charge is 2.47. The molecule has 1 aromatic rings. The molecule has 0 bridgehead atoms. The van der Waals surface area contributed by atoms with Gasteiger partial charge in [-0.25, -0.2) is 8.42 Å². The Morgan fingerprint density at radius 3 is 2.36 bits per heavy atom. The number of carboxylic acids is 1. The first-order chi connectivity index (χ1) is 11.8. The van der Waals surface area contributed by atoms with Crippen molar-refractivity contribution in [2.75, 3.05) is 26.2 Å². The Hall–Kier alpha value is -2.00. The largest absolute Gasteiger partial charge is 0.481 e. The highest BCUT2D eigenvalue weighted by molar-refractivity contribution is 7.89. The van der Waals surface area contributed by atoms with Gasteiger partial charge in [-0.15, -0.1) is 0 Å². The monoisotopic (exact) mass is 367 g/mol. The number of pyridine rings is 1. The summed E-state index contributed by atoms with van der Waals surface area (Å²) in [6, 6.07) is 3.06. The summed E-state index contributed by atoms with van der Waals surface area (Å²) < 4.78 is 26.4. The van der Waals surface area contributed by atoms with Crippen LogP contribution in [0.1, 0.15) is 25.7 Å². The number of hydrogen-bond donors (Lipinski definition) is 1. The topological polar surface area (TPSA) is 108 Å². The smallest absolute Gasteiger partial charge is 0.310 e. The normalized spacial score (nSPS) is 20.7. The van der Waals surface area contributed by atoms with Crippen LogP contribution in [-0.4, -0.2) is 65.8 Å². The lowest BCUT2D eigenvalue weighted by atomic mass is 9.66. The minimum atomic E-state index is -3.61. The number of aliphatic carboxylic acids is 1. The minimum Gasteiger partial charge on any atom is -0.481 e. The number of piperazine rings is 1. The average Bonchev–Trinajstić information content (AvgIpc) is 2.58. The van der Waals surface area contributed by atoms with Gasteiger partial charge in [0.05, 0.1) is 5.41 Å². The Labute approximate surface area is 146 Å². The van der Waals surface area contributed by atoms with Crippen molar-refractivity contribution in [3.05, 3.63) is 24.5 Å². The Morgan fingerprint density at radius 1 is 1.20 bits per heavy atom. The summed E-state index contributed by atoms with van der Waals surface area (Å²) in [4.78, 5) is 29.4. The summed E-state index contributed by atoms with van der Waals surface area (Å²) in [7, 11) is -3.61. The van der Waals surface area contributed by atoms with Gasteiger partial charge in [0.1, 0.15) is 4.90 Å². The van der Waals surface area contributed by atoms with Gasteiger partial charge in [0.25, 0.3) is 0 Å². The molecule has 1 aliphatic heterocycles. The predicted octanol–water partition coefficient (Wildman–Crippen LogP) is 0.559. The van der Waals surface area contributed by atoms with Crippen LogP contribution >= 0.6 is 0 Å². The molecule has 136 valence electrons. The number of rotatable bonds is 5. The zero-order valence-electron chi connectivity index (χ0n) is 13.8. The van der Waals surface area contributed by atoms with Crippen molar-refractivity contribution < 1.29 is 23.1 Å². The third-order valence-electron chi connectivity index (χ3n) is 5.12. The van der Waals surface area contributed by atoms with E-state index in [4.69, 9.17) is 0 Å². The van der Waals surface area contributed by atoms with E-state index in [-0.39, 0.29) is 43.4 Å². The molecular formula is C16H21N3O5S. The third-order valence-corrected chi connectivity index (χ3v) is 7.00. The van der Waals surface area contributed by atoms with Gasteiger partial charge in [-0.3, -0.25) is 14.6 Å². The van der Waals surface area contributed by atoms with Crippen molar-refractivity contribution in [2.24, 2.45) is 5.41 Å². The van der Waals surface area contributed by atoms with E-state index < -0.39 is 21.4 Å². The first-order valence-corrected chi connectivity index (χ1v) is 9.71. The van der Waals surface area contributed by atoms with Crippen LogP contribution < -0.4 is 0 Å². The molecule has 1 N–H and O–H groups in total. The summed E-state index contributed by atoms with van der Waals surface area (Å²) >= 11 is 0.